The minimum atomic E-state index is -0.400. The average molecular weight is 338 g/mol. The minimum absolute atomic E-state index is 0.131. The number of carbonyl (C=O) groups excluding carboxylic acids is 2. The third-order valence-electron chi connectivity index (χ3n) is 2.83. The van der Waals surface area contributed by atoms with Crippen molar-refractivity contribution in [3.05, 3.63) is 58.1 Å². The lowest BCUT2D eigenvalue weighted by Crippen LogP contribution is -2.21. The van der Waals surface area contributed by atoms with Crippen LogP contribution in [-0.4, -0.2) is 18.3 Å². The molecule has 0 fully saturated rings. The van der Waals surface area contributed by atoms with Crippen LogP contribution in [0.2, 0.25) is 10.0 Å². The highest BCUT2D eigenvalue weighted by Gasteiger charge is 2.11. The largest absolute Gasteiger partial charge is 0.483 e. The number of hydrogen-bond donors (Lipinski definition) is 1. The Bertz CT molecular complexity index is 716. The summed E-state index contributed by atoms with van der Waals surface area (Å²) in [4.78, 5) is 23.4. The van der Waals surface area contributed by atoms with Crippen molar-refractivity contribution >= 4 is 40.6 Å². The summed E-state index contributed by atoms with van der Waals surface area (Å²) in [6.07, 6.45) is 0. The Balaban J connectivity index is 2.02. The molecule has 0 bridgehead atoms. The van der Waals surface area contributed by atoms with Crippen molar-refractivity contribution in [1.29, 1.82) is 0 Å². The Morgan fingerprint density at radius 2 is 1.86 bits per heavy atom. The van der Waals surface area contributed by atoms with Gasteiger partial charge in [-0.3, -0.25) is 9.59 Å². The van der Waals surface area contributed by atoms with Crippen LogP contribution in [-0.2, 0) is 4.79 Å². The van der Waals surface area contributed by atoms with Crippen molar-refractivity contribution < 1.29 is 14.3 Å². The Hall–Kier alpha value is -2.04. The second kappa shape index (κ2) is 7.29. The number of halogens is 2. The first-order valence-electron chi connectivity index (χ1n) is 6.45. The van der Waals surface area contributed by atoms with Gasteiger partial charge in [-0.15, -0.1) is 0 Å². The number of carbonyl (C=O) groups is 2. The van der Waals surface area contributed by atoms with Crippen molar-refractivity contribution in [1.82, 2.24) is 0 Å². The number of Topliss-reactive ketones (excluding diaryl/α,β-unsaturated/α-hetero) is 1. The number of anilines is 1. The first kappa shape index (κ1) is 16.3. The van der Waals surface area contributed by atoms with Gasteiger partial charge in [-0.05, 0) is 37.3 Å². The number of benzene rings is 2. The summed E-state index contributed by atoms with van der Waals surface area (Å²) in [6.45, 7) is 1.20. The van der Waals surface area contributed by atoms with E-state index in [0.29, 0.717) is 27.0 Å². The van der Waals surface area contributed by atoms with Crippen molar-refractivity contribution in [3.63, 3.8) is 0 Å². The van der Waals surface area contributed by atoms with Crippen molar-refractivity contribution in [2.75, 3.05) is 11.9 Å². The molecule has 0 atom stereocenters. The number of para-hydroxylation sites is 1. The van der Waals surface area contributed by atoms with Crippen LogP contribution in [0, 0.1) is 0 Å². The van der Waals surface area contributed by atoms with Crippen molar-refractivity contribution in [2.24, 2.45) is 0 Å². The molecule has 1 N–H and O–H groups in total. The average Bonchev–Trinajstić information content (AvgIpc) is 2.49. The van der Waals surface area contributed by atoms with E-state index in [0.717, 1.165) is 0 Å². The van der Waals surface area contributed by atoms with Gasteiger partial charge in [0.15, 0.2) is 12.4 Å². The maximum Gasteiger partial charge on any atom is 0.262 e. The summed E-state index contributed by atoms with van der Waals surface area (Å²) in [5, 5.41) is 3.44. The molecule has 2 aromatic rings. The van der Waals surface area contributed by atoms with E-state index in [-0.39, 0.29) is 12.4 Å². The molecule has 0 aliphatic carbocycles. The molecule has 1 amide bonds. The first-order chi connectivity index (χ1) is 10.5. The predicted octanol–water partition coefficient (Wildman–Crippen LogP) is 4.21. The fraction of sp³-hybridized carbons (Fsp3) is 0.125. The highest BCUT2D eigenvalue weighted by Crippen LogP contribution is 2.25. The zero-order chi connectivity index (χ0) is 16.1. The molecule has 2 aromatic carbocycles. The summed E-state index contributed by atoms with van der Waals surface area (Å²) in [6, 6.07) is 11.5. The zero-order valence-corrected chi connectivity index (χ0v) is 13.2. The van der Waals surface area contributed by atoms with E-state index < -0.39 is 5.91 Å². The van der Waals surface area contributed by atoms with E-state index in [1.807, 2.05) is 0 Å². The lowest BCUT2D eigenvalue weighted by molar-refractivity contribution is -0.118. The van der Waals surface area contributed by atoms with Gasteiger partial charge in [-0.1, -0.05) is 35.3 Å². The number of ether oxygens (including phenoxy) is 1. The number of nitrogens with one attached hydrogen (secondary N) is 1. The summed E-state index contributed by atoms with van der Waals surface area (Å²) in [5.41, 5.74) is 0.832. The van der Waals surface area contributed by atoms with Gasteiger partial charge in [0.05, 0.1) is 16.3 Å². The molecule has 0 aliphatic heterocycles. The molecule has 6 heteroatoms. The molecular weight excluding hydrogens is 325 g/mol. The van der Waals surface area contributed by atoms with E-state index in [9.17, 15) is 9.59 Å². The summed E-state index contributed by atoms with van der Waals surface area (Å²) in [7, 11) is 0. The summed E-state index contributed by atoms with van der Waals surface area (Å²) in [5.74, 6) is -0.168. The molecule has 0 aromatic heterocycles. The topological polar surface area (TPSA) is 55.4 Å². The van der Waals surface area contributed by atoms with E-state index in [4.69, 9.17) is 27.9 Å². The summed E-state index contributed by atoms with van der Waals surface area (Å²) >= 11 is 11.8. The standard InChI is InChI=1S/C16H13Cl2NO3/c1-10(20)12-4-2-3-5-15(12)22-9-16(21)19-14-8-11(17)6-7-13(14)18/h2-8H,9H2,1H3,(H,19,21). The van der Waals surface area contributed by atoms with Crippen LogP contribution >= 0.6 is 23.2 Å². The first-order valence-corrected chi connectivity index (χ1v) is 7.20. The molecule has 0 saturated heterocycles. The second-order valence-corrected chi connectivity index (χ2v) is 5.36. The molecule has 114 valence electrons. The molecule has 0 heterocycles. The number of amides is 1. The number of rotatable bonds is 5. The maximum atomic E-state index is 11.9. The second-order valence-electron chi connectivity index (χ2n) is 4.51. The monoisotopic (exact) mass is 337 g/mol. The van der Waals surface area contributed by atoms with E-state index in [2.05, 4.69) is 5.32 Å². The lowest BCUT2D eigenvalue weighted by Gasteiger charge is -2.11. The lowest BCUT2D eigenvalue weighted by atomic mass is 10.1. The van der Waals surface area contributed by atoms with Gasteiger partial charge in [0.25, 0.3) is 5.91 Å². The van der Waals surface area contributed by atoms with Crippen LogP contribution in [0.25, 0.3) is 0 Å². The SMILES string of the molecule is CC(=O)c1ccccc1OCC(=O)Nc1cc(Cl)ccc1Cl. The van der Waals surface area contributed by atoms with Crippen LogP contribution in [0.5, 0.6) is 5.75 Å². The quantitative estimate of drug-likeness (QED) is 0.831. The Labute approximate surface area is 138 Å². The zero-order valence-electron chi connectivity index (χ0n) is 11.7. The van der Waals surface area contributed by atoms with Gasteiger partial charge >= 0.3 is 0 Å². The number of hydrogen-bond acceptors (Lipinski definition) is 3. The molecular formula is C16H13Cl2NO3. The molecule has 0 saturated carbocycles. The Morgan fingerprint density at radius 3 is 2.59 bits per heavy atom. The van der Waals surface area contributed by atoms with Gasteiger partial charge in [-0.2, -0.15) is 0 Å². The van der Waals surface area contributed by atoms with Crippen molar-refractivity contribution in [2.45, 2.75) is 6.92 Å². The predicted molar refractivity (Wildman–Crippen MR) is 87.0 cm³/mol. The minimum Gasteiger partial charge on any atom is -0.483 e. The van der Waals surface area contributed by atoms with Crippen LogP contribution in [0.4, 0.5) is 5.69 Å². The Kier molecular flexibility index (Phi) is 5.41. The third-order valence-corrected chi connectivity index (χ3v) is 3.39. The van der Waals surface area contributed by atoms with Crippen LogP contribution in [0.3, 0.4) is 0 Å². The van der Waals surface area contributed by atoms with Crippen LogP contribution in [0.1, 0.15) is 17.3 Å². The molecule has 0 spiro atoms. The van der Waals surface area contributed by atoms with E-state index >= 15 is 0 Å². The van der Waals surface area contributed by atoms with E-state index in [1.54, 1.807) is 42.5 Å². The molecule has 0 radical (unpaired) electrons. The highest BCUT2D eigenvalue weighted by atomic mass is 35.5. The normalized spacial score (nSPS) is 10.1. The van der Waals surface area contributed by atoms with Crippen molar-refractivity contribution in [3.8, 4) is 5.75 Å². The smallest absolute Gasteiger partial charge is 0.262 e. The summed E-state index contributed by atoms with van der Waals surface area (Å²) < 4.78 is 5.39. The molecule has 4 nitrogen and oxygen atoms in total. The molecule has 2 rings (SSSR count). The van der Waals surface area contributed by atoms with Gasteiger partial charge in [0.2, 0.25) is 0 Å². The maximum absolute atomic E-state index is 11.9. The van der Waals surface area contributed by atoms with Gasteiger partial charge in [-0.25, -0.2) is 0 Å². The third kappa shape index (κ3) is 4.23. The van der Waals surface area contributed by atoms with Gasteiger partial charge < -0.3 is 10.1 Å². The fourth-order valence-electron chi connectivity index (χ4n) is 1.81. The van der Waals surface area contributed by atoms with Crippen LogP contribution in [0.15, 0.2) is 42.5 Å². The van der Waals surface area contributed by atoms with Crippen LogP contribution < -0.4 is 10.1 Å². The van der Waals surface area contributed by atoms with Gasteiger partial charge in [0, 0.05) is 5.02 Å². The fourth-order valence-corrected chi connectivity index (χ4v) is 2.14. The Morgan fingerprint density at radius 1 is 1.14 bits per heavy atom. The highest BCUT2D eigenvalue weighted by molar-refractivity contribution is 6.35. The number of ketones is 1. The molecule has 0 aliphatic rings. The van der Waals surface area contributed by atoms with E-state index in [1.165, 1.54) is 6.92 Å². The van der Waals surface area contributed by atoms with Gasteiger partial charge in [0.1, 0.15) is 5.75 Å². The molecule has 0 unspecified atom stereocenters. The molecule has 22 heavy (non-hydrogen) atoms.